The minimum Gasteiger partial charge on any atom is -0.468 e. The van der Waals surface area contributed by atoms with E-state index in [9.17, 15) is 0 Å². The van der Waals surface area contributed by atoms with Crippen LogP contribution in [0.1, 0.15) is 11.5 Å². The van der Waals surface area contributed by atoms with Gasteiger partial charge in [-0.05, 0) is 25.1 Å². The van der Waals surface area contributed by atoms with Gasteiger partial charge >= 0.3 is 0 Å². The molecule has 0 saturated heterocycles. The first-order valence-corrected chi connectivity index (χ1v) is 5.48. The lowest BCUT2D eigenvalue weighted by atomic mass is 10.3. The second-order valence-electron chi connectivity index (χ2n) is 3.13. The second-order valence-corrected chi connectivity index (χ2v) is 4.25. The number of hydrogen-bond acceptors (Lipinski definition) is 4. The van der Waals surface area contributed by atoms with Gasteiger partial charge in [0, 0.05) is 17.6 Å². The van der Waals surface area contributed by atoms with Gasteiger partial charge in [0.15, 0.2) is 0 Å². The second kappa shape index (κ2) is 4.51. The number of aromatic nitrogens is 1. The third-order valence-electron chi connectivity index (χ3n) is 2.04. The molecule has 2 rings (SSSR count). The maximum atomic E-state index is 5.53. The van der Waals surface area contributed by atoms with Crippen molar-refractivity contribution >= 4 is 11.8 Å². The molecule has 15 heavy (non-hydrogen) atoms. The molecule has 0 aliphatic rings. The summed E-state index contributed by atoms with van der Waals surface area (Å²) in [6, 6.07) is 5.93. The summed E-state index contributed by atoms with van der Waals surface area (Å²) in [5, 5.41) is 0. The maximum Gasteiger partial charge on any atom is 0.114 e. The van der Waals surface area contributed by atoms with Crippen LogP contribution in [0.3, 0.4) is 0 Å². The summed E-state index contributed by atoms with van der Waals surface area (Å²) >= 11 is 1.66. The van der Waals surface area contributed by atoms with Crippen LogP contribution in [0.15, 0.2) is 44.9 Å². The highest BCUT2D eigenvalue weighted by Crippen LogP contribution is 2.30. The largest absolute Gasteiger partial charge is 0.468 e. The Hall–Kier alpha value is -1.26. The summed E-state index contributed by atoms with van der Waals surface area (Å²) in [5.74, 6) is 0.936. The zero-order valence-corrected chi connectivity index (χ0v) is 9.25. The minimum atomic E-state index is 0.471. The molecule has 2 aromatic heterocycles. The third kappa shape index (κ3) is 2.40. The van der Waals surface area contributed by atoms with E-state index in [2.05, 4.69) is 4.98 Å². The van der Waals surface area contributed by atoms with Crippen molar-refractivity contribution in [1.82, 2.24) is 4.98 Å². The zero-order valence-electron chi connectivity index (χ0n) is 8.43. The van der Waals surface area contributed by atoms with Crippen molar-refractivity contribution in [3.05, 3.63) is 42.1 Å². The molecule has 0 aliphatic carbocycles. The average molecular weight is 220 g/mol. The van der Waals surface area contributed by atoms with Crippen molar-refractivity contribution in [3.8, 4) is 0 Å². The fourth-order valence-corrected chi connectivity index (χ4v) is 2.13. The van der Waals surface area contributed by atoms with E-state index in [-0.39, 0.29) is 0 Å². The van der Waals surface area contributed by atoms with Gasteiger partial charge in [-0.1, -0.05) is 11.8 Å². The lowest BCUT2D eigenvalue weighted by Gasteiger charge is -2.01. The standard InChI is InChI=1S/C11H12N2OS/c1-8-11(3-5-14-8)15-10-2-4-13-9(6-10)7-12/h2-6H,7,12H2,1H3. The van der Waals surface area contributed by atoms with E-state index in [1.807, 2.05) is 25.1 Å². The molecule has 0 aliphatic heterocycles. The van der Waals surface area contributed by atoms with Gasteiger partial charge in [0.1, 0.15) is 5.76 Å². The van der Waals surface area contributed by atoms with Crippen molar-refractivity contribution in [2.45, 2.75) is 23.3 Å². The molecule has 0 radical (unpaired) electrons. The molecule has 0 saturated carbocycles. The van der Waals surface area contributed by atoms with Crippen LogP contribution >= 0.6 is 11.8 Å². The van der Waals surface area contributed by atoms with Gasteiger partial charge in [0.05, 0.1) is 16.9 Å². The molecular weight excluding hydrogens is 208 g/mol. The number of nitrogens with two attached hydrogens (primary N) is 1. The first-order chi connectivity index (χ1) is 7.29. The Morgan fingerprint density at radius 3 is 3.00 bits per heavy atom. The van der Waals surface area contributed by atoms with Crippen LogP contribution in [0.2, 0.25) is 0 Å². The van der Waals surface area contributed by atoms with Gasteiger partial charge < -0.3 is 10.2 Å². The van der Waals surface area contributed by atoms with Gasteiger partial charge in [-0.3, -0.25) is 4.98 Å². The average Bonchev–Trinajstić information content (AvgIpc) is 2.65. The van der Waals surface area contributed by atoms with Gasteiger partial charge in [-0.2, -0.15) is 0 Å². The van der Waals surface area contributed by atoms with E-state index in [0.717, 1.165) is 21.2 Å². The van der Waals surface area contributed by atoms with Gasteiger partial charge in [-0.25, -0.2) is 0 Å². The molecule has 4 heteroatoms. The monoisotopic (exact) mass is 220 g/mol. The Balaban J connectivity index is 2.21. The van der Waals surface area contributed by atoms with Crippen molar-refractivity contribution < 1.29 is 4.42 Å². The summed E-state index contributed by atoms with van der Waals surface area (Å²) in [6.45, 7) is 2.42. The number of furan rings is 1. The molecule has 0 aromatic carbocycles. The van der Waals surface area contributed by atoms with E-state index < -0.39 is 0 Å². The molecule has 0 spiro atoms. The van der Waals surface area contributed by atoms with Crippen LogP contribution in [0.5, 0.6) is 0 Å². The molecule has 2 heterocycles. The molecule has 0 unspecified atom stereocenters. The van der Waals surface area contributed by atoms with E-state index >= 15 is 0 Å². The Labute approximate surface area is 92.7 Å². The number of aryl methyl sites for hydroxylation is 1. The first-order valence-electron chi connectivity index (χ1n) is 4.66. The SMILES string of the molecule is Cc1occc1Sc1ccnc(CN)c1. The quantitative estimate of drug-likeness (QED) is 0.863. The van der Waals surface area contributed by atoms with Crippen LogP contribution < -0.4 is 5.73 Å². The molecule has 2 aromatic rings. The fourth-order valence-electron chi connectivity index (χ4n) is 1.24. The predicted molar refractivity (Wildman–Crippen MR) is 59.7 cm³/mol. The number of hydrogen-bond donors (Lipinski definition) is 1. The molecule has 3 nitrogen and oxygen atoms in total. The maximum absolute atomic E-state index is 5.53. The molecule has 0 amide bonds. The molecule has 0 fully saturated rings. The van der Waals surface area contributed by atoms with Crippen LogP contribution in [0, 0.1) is 6.92 Å². The summed E-state index contributed by atoms with van der Waals surface area (Å²) in [6.07, 6.45) is 3.47. The zero-order chi connectivity index (χ0) is 10.7. The number of nitrogens with zero attached hydrogens (tertiary/aromatic N) is 1. The highest BCUT2D eigenvalue weighted by Gasteiger charge is 2.04. The topological polar surface area (TPSA) is 52.0 Å². The minimum absolute atomic E-state index is 0.471. The van der Waals surface area contributed by atoms with Crippen molar-refractivity contribution in [2.75, 3.05) is 0 Å². The van der Waals surface area contributed by atoms with Crippen LogP contribution in [0.4, 0.5) is 0 Å². The van der Waals surface area contributed by atoms with E-state index in [1.54, 1.807) is 24.2 Å². The first kappa shape index (κ1) is 10.3. The summed E-state index contributed by atoms with van der Waals surface area (Å²) < 4.78 is 5.23. The Morgan fingerprint density at radius 2 is 2.33 bits per heavy atom. The molecule has 0 atom stereocenters. The normalized spacial score (nSPS) is 10.5. The highest BCUT2D eigenvalue weighted by atomic mass is 32.2. The van der Waals surface area contributed by atoms with Gasteiger partial charge in [-0.15, -0.1) is 0 Å². The van der Waals surface area contributed by atoms with E-state index in [0.29, 0.717) is 6.54 Å². The van der Waals surface area contributed by atoms with E-state index in [4.69, 9.17) is 10.2 Å². The summed E-state index contributed by atoms with van der Waals surface area (Å²) in [4.78, 5) is 6.41. The Kier molecular flexibility index (Phi) is 3.08. The van der Waals surface area contributed by atoms with Gasteiger partial charge in [0.25, 0.3) is 0 Å². The Bertz CT molecular complexity index is 453. The van der Waals surface area contributed by atoms with Crippen LogP contribution in [-0.4, -0.2) is 4.98 Å². The van der Waals surface area contributed by atoms with Crippen molar-refractivity contribution in [3.63, 3.8) is 0 Å². The fraction of sp³-hybridized carbons (Fsp3) is 0.182. The smallest absolute Gasteiger partial charge is 0.114 e. The highest BCUT2D eigenvalue weighted by molar-refractivity contribution is 7.99. The van der Waals surface area contributed by atoms with Crippen molar-refractivity contribution in [1.29, 1.82) is 0 Å². The van der Waals surface area contributed by atoms with Crippen LogP contribution in [0.25, 0.3) is 0 Å². The molecule has 2 N–H and O–H groups in total. The van der Waals surface area contributed by atoms with Gasteiger partial charge in [0.2, 0.25) is 0 Å². The summed E-state index contributed by atoms with van der Waals surface area (Å²) in [5.41, 5.74) is 6.44. The summed E-state index contributed by atoms with van der Waals surface area (Å²) in [7, 11) is 0. The molecule has 78 valence electrons. The van der Waals surface area contributed by atoms with Crippen molar-refractivity contribution in [2.24, 2.45) is 5.73 Å². The predicted octanol–water partition coefficient (Wildman–Crippen LogP) is 2.59. The lowest BCUT2D eigenvalue weighted by molar-refractivity contribution is 0.527. The Morgan fingerprint density at radius 1 is 1.47 bits per heavy atom. The number of rotatable bonds is 3. The number of pyridine rings is 1. The molecular formula is C11H12N2OS. The van der Waals surface area contributed by atoms with Crippen LogP contribution in [-0.2, 0) is 6.54 Å². The van der Waals surface area contributed by atoms with E-state index in [1.165, 1.54) is 0 Å². The third-order valence-corrected chi connectivity index (χ3v) is 3.17. The lowest BCUT2D eigenvalue weighted by Crippen LogP contribution is -1.98. The molecule has 0 bridgehead atoms.